The van der Waals surface area contributed by atoms with Gasteiger partial charge in [0.25, 0.3) is 0 Å². The zero-order valence-corrected chi connectivity index (χ0v) is 11.3. The monoisotopic (exact) mass is 259 g/mol. The first kappa shape index (κ1) is 13.2. The van der Waals surface area contributed by atoms with E-state index in [9.17, 15) is 9.90 Å². The van der Waals surface area contributed by atoms with Gasteiger partial charge in [-0.3, -0.25) is 9.69 Å². The largest absolute Gasteiger partial charge is 0.480 e. The summed E-state index contributed by atoms with van der Waals surface area (Å²) in [5.74, 6) is 1.03. The molecule has 0 saturated carbocycles. The lowest BCUT2D eigenvalue weighted by molar-refractivity contribution is -0.143. The Kier molecular flexibility index (Phi) is 4.00. The molecule has 2 atom stereocenters. The van der Waals surface area contributed by atoms with Crippen LogP contribution in [0, 0.1) is 0 Å². The Bertz CT molecular complexity index is 295. The Morgan fingerprint density at radius 1 is 1.59 bits per heavy atom. The van der Waals surface area contributed by atoms with E-state index >= 15 is 0 Å². The third-order valence-corrected chi connectivity index (χ3v) is 4.54. The number of carboxylic acid groups (broad SMARTS) is 1. The number of thioether (sulfide) groups is 1. The van der Waals surface area contributed by atoms with Gasteiger partial charge in [-0.25, -0.2) is 0 Å². The van der Waals surface area contributed by atoms with Crippen molar-refractivity contribution in [2.75, 3.05) is 24.6 Å². The lowest BCUT2D eigenvalue weighted by atomic mass is 10.1. The second-order valence-corrected chi connectivity index (χ2v) is 6.61. The second kappa shape index (κ2) is 5.16. The Balaban J connectivity index is 1.90. The molecule has 1 N–H and O–H groups in total. The number of ether oxygens (including phenoxy) is 1. The van der Waals surface area contributed by atoms with Gasteiger partial charge in [0, 0.05) is 24.6 Å². The van der Waals surface area contributed by atoms with E-state index in [4.69, 9.17) is 4.74 Å². The van der Waals surface area contributed by atoms with Crippen molar-refractivity contribution >= 4 is 17.7 Å². The molecule has 0 aromatic heterocycles. The third-order valence-electron chi connectivity index (χ3n) is 3.52. The molecule has 5 heteroatoms. The summed E-state index contributed by atoms with van der Waals surface area (Å²) in [6.45, 7) is 5.84. The molecule has 0 spiro atoms. The second-order valence-electron chi connectivity index (χ2n) is 5.46. The fourth-order valence-electron chi connectivity index (χ4n) is 2.55. The highest BCUT2D eigenvalue weighted by Gasteiger charge is 2.36. The number of nitrogens with zero attached hydrogens (tertiary/aromatic N) is 1. The molecule has 2 unspecified atom stereocenters. The maximum absolute atomic E-state index is 11.2. The molecule has 17 heavy (non-hydrogen) atoms. The first-order valence-electron chi connectivity index (χ1n) is 6.20. The van der Waals surface area contributed by atoms with Crippen LogP contribution in [0.3, 0.4) is 0 Å². The summed E-state index contributed by atoms with van der Waals surface area (Å²) in [4.78, 5) is 13.2. The molecule has 0 aromatic carbocycles. The van der Waals surface area contributed by atoms with Gasteiger partial charge in [-0.2, -0.15) is 11.8 Å². The summed E-state index contributed by atoms with van der Waals surface area (Å²) >= 11 is 1.73. The highest BCUT2D eigenvalue weighted by Crippen LogP contribution is 2.30. The Labute approximate surface area is 107 Å². The first-order valence-corrected chi connectivity index (χ1v) is 7.36. The zero-order chi connectivity index (χ0) is 12.5. The molecule has 2 aliphatic heterocycles. The van der Waals surface area contributed by atoms with Gasteiger partial charge in [0.1, 0.15) is 6.04 Å². The SMILES string of the molecule is CC1(C)CCC(CN2CCSCC2C(=O)O)O1. The van der Waals surface area contributed by atoms with Crippen LogP contribution >= 0.6 is 11.8 Å². The minimum absolute atomic E-state index is 0.0338. The van der Waals surface area contributed by atoms with Crippen LogP contribution in [0.5, 0.6) is 0 Å². The molecular weight excluding hydrogens is 238 g/mol. The van der Waals surface area contributed by atoms with Crippen molar-refractivity contribution in [3.8, 4) is 0 Å². The van der Waals surface area contributed by atoms with Crippen LogP contribution in [0.25, 0.3) is 0 Å². The highest BCUT2D eigenvalue weighted by molar-refractivity contribution is 7.99. The van der Waals surface area contributed by atoms with E-state index in [0.29, 0.717) is 5.75 Å². The smallest absolute Gasteiger partial charge is 0.321 e. The Morgan fingerprint density at radius 2 is 2.35 bits per heavy atom. The van der Waals surface area contributed by atoms with E-state index in [1.807, 2.05) is 0 Å². The number of hydrogen-bond donors (Lipinski definition) is 1. The van der Waals surface area contributed by atoms with Crippen LogP contribution in [-0.4, -0.2) is 58.3 Å². The number of carboxylic acids is 1. The van der Waals surface area contributed by atoms with Gasteiger partial charge in [-0.15, -0.1) is 0 Å². The molecule has 2 aliphatic rings. The molecule has 0 aliphatic carbocycles. The maximum atomic E-state index is 11.2. The molecule has 0 amide bonds. The molecule has 2 rings (SSSR count). The Morgan fingerprint density at radius 3 is 2.94 bits per heavy atom. The summed E-state index contributed by atoms with van der Waals surface area (Å²) in [6.07, 6.45) is 2.32. The molecular formula is C12H21NO3S. The minimum atomic E-state index is -0.700. The lowest BCUT2D eigenvalue weighted by Crippen LogP contribution is -2.50. The van der Waals surface area contributed by atoms with E-state index < -0.39 is 5.97 Å². The number of aliphatic carboxylic acids is 1. The first-order chi connectivity index (χ1) is 7.98. The van der Waals surface area contributed by atoms with E-state index in [-0.39, 0.29) is 17.7 Å². The summed E-state index contributed by atoms with van der Waals surface area (Å²) in [5, 5.41) is 9.19. The average Bonchev–Trinajstić information content (AvgIpc) is 2.58. The van der Waals surface area contributed by atoms with E-state index in [1.54, 1.807) is 11.8 Å². The maximum Gasteiger partial charge on any atom is 0.321 e. The molecule has 2 heterocycles. The zero-order valence-electron chi connectivity index (χ0n) is 10.5. The summed E-state index contributed by atoms with van der Waals surface area (Å²) in [6, 6.07) is -0.332. The van der Waals surface area contributed by atoms with E-state index in [0.717, 1.165) is 31.7 Å². The van der Waals surface area contributed by atoms with Gasteiger partial charge in [-0.1, -0.05) is 0 Å². The average molecular weight is 259 g/mol. The van der Waals surface area contributed by atoms with Crippen molar-refractivity contribution in [1.82, 2.24) is 4.90 Å². The van der Waals surface area contributed by atoms with Crippen molar-refractivity contribution in [1.29, 1.82) is 0 Å². The van der Waals surface area contributed by atoms with Crippen molar-refractivity contribution in [3.63, 3.8) is 0 Å². The van der Waals surface area contributed by atoms with Crippen LogP contribution in [-0.2, 0) is 9.53 Å². The van der Waals surface area contributed by atoms with Gasteiger partial charge in [-0.05, 0) is 26.7 Å². The van der Waals surface area contributed by atoms with Crippen molar-refractivity contribution < 1.29 is 14.6 Å². The molecule has 4 nitrogen and oxygen atoms in total. The fraction of sp³-hybridized carbons (Fsp3) is 0.917. The van der Waals surface area contributed by atoms with Crippen LogP contribution < -0.4 is 0 Å². The van der Waals surface area contributed by atoms with Crippen LogP contribution in [0.4, 0.5) is 0 Å². The van der Waals surface area contributed by atoms with Crippen LogP contribution in [0.15, 0.2) is 0 Å². The molecule has 98 valence electrons. The molecule has 2 fully saturated rings. The summed E-state index contributed by atoms with van der Waals surface area (Å²) in [7, 11) is 0. The predicted molar refractivity (Wildman–Crippen MR) is 68.5 cm³/mol. The van der Waals surface area contributed by atoms with E-state index in [2.05, 4.69) is 18.7 Å². The van der Waals surface area contributed by atoms with Gasteiger partial charge in [0.15, 0.2) is 0 Å². The molecule has 0 aromatic rings. The lowest BCUT2D eigenvalue weighted by Gasteiger charge is -2.34. The predicted octanol–water partition coefficient (Wildman–Crippen LogP) is 1.45. The fourth-order valence-corrected chi connectivity index (χ4v) is 3.66. The molecule has 0 bridgehead atoms. The van der Waals surface area contributed by atoms with Crippen molar-refractivity contribution in [2.45, 2.75) is 44.4 Å². The van der Waals surface area contributed by atoms with Crippen LogP contribution in [0.1, 0.15) is 26.7 Å². The van der Waals surface area contributed by atoms with Gasteiger partial charge < -0.3 is 9.84 Å². The summed E-state index contributed by atoms with van der Waals surface area (Å²) < 4.78 is 5.94. The number of carbonyl (C=O) groups is 1. The van der Waals surface area contributed by atoms with Crippen molar-refractivity contribution in [3.05, 3.63) is 0 Å². The number of rotatable bonds is 3. The molecule has 0 radical (unpaired) electrons. The normalized spacial score (nSPS) is 33.8. The molecule has 2 saturated heterocycles. The standard InChI is InChI=1S/C12H21NO3S/c1-12(2)4-3-9(16-12)7-13-5-6-17-8-10(13)11(14)15/h9-10H,3-8H2,1-2H3,(H,14,15). The third kappa shape index (κ3) is 3.36. The van der Waals surface area contributed by atoms with Gasteiger partial charge >= 0.3 is 5.97 Å². The topological polar surface area (TPSA) is 49.8 Å². The quantitative estimate of drug-likeness (QED) is 0.831. The van der Waals surface area contributed by atoms with Gasteiger partial charge in [0.05, 0.1) is 11.7 Å². The van der Waals surface area contributed by atoms with Crippen molar-refractivity contribution in [2.24, 2.45) is 0 Å². The summed E-state index contributed by atoms with van der Waals surface area (Å²) in [5.41, 5.74) is -0.0338. The Hall–Kier alpha value is -0.260. The number of hydrogen-bond acceptors (Lipinski definition) is 4. The minimum Gasteiger partial charge on any atom is -0.480 e. The highest BCUT2D eigenvalue weighted by atomic mass is 32.2. The van der Waals surface area contributed by atoms with E-state index in [1.165, 1.54) is 0 Å². The van der Waals surface area contributed by atoms with Crippen LogP contribution in [0.2, 0.25) is 0 Å². The van der Waals surface area contributed by atoms with Gasteiger partial charge in [0.2, 0.25) is 0 Å².